The molecule has 1 aromatic rings. The number of amidine groups is 1. The maximum atomic E-state index is 5.50. The molecule has 1 aromatic heterocycles. The molecule has 2 aliphatic heterocycles. The van der Waals surface area contributed by atoms with E-state index in [-0.39, 0.29) is 4.75 Å². The Hall–Kier alpha value is -1.21. The fourth-order valence-electron chi connectivity index (χ4n) is 3.17. The minimum Gasteiger partial charge on any atom is -0.481 e. The summed E-state index contributed by atoms with van der Waals surface area (Å²) in [5, 5.41) is 5.70. The quantitative estimate of drug-likeness (QED) is 0.841. The molecule has 0 spiro atoms. The Kier molecular flexibility index (Phi) is 4.60. The highest BCUT2D eigenvalue weighted by Gasteiger charge is 2.31. The van der Waals surface area contributed by atoms with Crippen molar-refractivity contribution in [3.8, 4) is 5.88 Å². The zero-order valence-electron chi connectivity index (χ0n) is 14.8. The second-order valence-corrected chi connectivity index (χ2v) is 8.60. The van der Waals surface area contributed by atoms with Gasteiger partial charge in [0, 0.05) is 44.5 Å². The highest BCUT2D eigenvalue weighted by Crippen LogP contribution is 2.33. The van der Waals surface area contributed by atoms with Crippen LogP contribution in [0.5, 0.6) is 5.88 Å². The zero-order chi connectivity index (χ0) is 16.6. The Morgan fingerprint density at radius 2 is 1.91 bits per heavy atom. The molecule has 128 valence electrons. The van der Waals surface area contributed by atoms with Gasteiger partial charge in [0.05, 0.1) is 24.9 Å². The number of aliphatic imine (C=N–C) groups is 1. The number of piperazine rings is 1. The third-order valence-electron chi connectivity index (χ3n) is 4.47. The van der Waals surface area contributed by atoms with Gasteiger partial charge in [0.25, 0.3) is 0 Å². The molecule has 0 radical (unpaired) electrons. The third-order valence-corrected chi connectivity index (χ3v) is 5.72. The van der Waals surface area contributed by atoms with E-state index >= 15 is 0 Å². The largest absolute Gasteiger partial charge is 0.481 e. The summed E-state index contributed by atoms with van der Waals surface area (Å²) in [5.41, 5.74) is 2.27. The van der Waals surface area contributed by atoms with E-state index in [0.717, 1.165) is 50.8 Å². The average Bonchev–Trinajstić information content (AvgIpc) is 2.99. The van der Waals surface area contributed by atoms with Crippen molar-refractivity contribution in [2.75, 3.05) is 39.8 Å². The SMILES string of the molecule is COc1c(CN2CCN(C3=NCC(C)(C)S3)CC2)c(C)nn1C. The van der Waals surface area contributed by atoms with Gasteiger partial charge < -0.3 is 9.64 Å². The molecule has 0 unspecified atom stereocenters. The minimum absolute atomic E-state index is 0.257. The molecule has 0 saturated carbocycles. The van der Waals surface area contributed by atoms with Gasteiger partial charge in [-0.05, 0) is 20.8 Å². The molecule has 7 heteroatoms. The van der Waals surface area contributed by atoms with E-state index in [2.05, 4.69) is 35.7 Å². The first-order valence-corrected chi connectivity index (χ1v) is 8.98. The molecule has 3 heterocycles. The van der Waals surface area contributed by atoms with Crippen molar-refractivity contribution in [1.82, 2.24) is 19.6 Å². The van der Waals surface area contributed by atoms with Gasteiger partial charge in [-0.1, -0.05) is 11.8 Å². The summed E-state index contributed by atoms with van der Waals surface area (Å²) in [7, 11) is 3.65. The second-order valence-electron chi connectivity index (χ2n) is 6.92. The first kappa shape index (κ1) is 16.6. The van der Waals surface area contributed by atoms with E-state index in [0.29, 0.717) is 0 Å². The molecule has 6 nitrogen and oxygen atoms in total. The number of aryl methyl sites for hydroxylation is 2. The van der Waals surface area contributed by atoms with Crippen LogP contribution in [0, 0.1) is 6.92 Å². The van der Waals surface area contributed by atoms with Crippen LogP contribution in [0.1, 0.15) is 25.1 Å². The van der Waals surface area contributed by atoms with Crippen molar-refractivity contribution in [1.29, 1.82) is 0 Å². The molecule has 0 aromatic carbocycles. The van der Waals surface area contributed by atoms with Crippen LogP contribution < -0.4 is 4.74 Å². The highest BCUT2D eigenvalue weighted by molar-refractivity contribution is 8.15. The lowest BCUT2D eigenvalue weighted by Crippen LogP contribution is -2.47. The Morgan fingerprint density at radius 1 is 1.22 bits per heavy atom. The van der Waals surface area contributed by atoms with Crippen LogP contribution in [0.25, 0.3) is 0 Å². The van der Waals surface area contributed by atoms with Crippen molar-refractivity contribution >= 4 is 16.9 Å². The van der Waals surface area contributed by atoms with Crippen molar-refractivity contribution in [3.63, 3.8) is 0 Å². The van der Waals surface area contributed by atoms with Gasteiger partial charge in [0.2, 0.25) is 5.88 Å². The van der Waals surface area contributed by atoms with E-state index in [4.69, 9.17) is 9.73 Å². The standard InChI is InChI=1S/C16H27N5OS/c1-12-13(14(22-5)19(4)18-12)10-20-6-8-21(9-7-20)15-17-11-16(2,3)23-15/h6-11H2,1-5H3. The molecule has 0 N–H and O–H groups in total. The summed E-state index contributed by atoms with van der Waals surface area (Å²) in [6, 6.07) is 0. The van der Waals surface area contributed by atoms with E-state index in [1.54, 1.807) is 7.11 Å². The number of aromatic nitrogens is 2. The molecule has 1 fully saturated rings. The van der Waals surface area contributed by atoms with Gasteiger partial charge >= 0.3 is 0 Å². The summed E-state index contributed by atoms with van der Waals surface area (Å²) in [5.74, 6) is 0.877. The van der Waals surface area contributed by atoms with Gasteiger partial charge in [0.1, 0.15) is 0 Å². The van der Waals surface area contributed by atoms with E-state index in [1.165, 1.54) is 10.7 Å². The average molecular weight is 337 g/mol. The number of methoxy groups -OCH3 is 1. The summed E-state index contributed by atoms with van der Waals surface area (Å²) in [4.78, 5) is 9.63. The maximum absolute atomic E-state index is 5.50. The smallest absolute Gasteiger partial charge is 0.216 e. The van der Waals surface area contributed by atoms with Gasteiger partial charge in [-0.2, -0.15) is 5.10 Å². The summed E-state index contributed by atoms with van der Waals surface area (Å²) >= 11 is 1.92. The molecule has 0 bridgehead atoms. The molecule has 3 rings (SSSR count). The predicted octanol–water partition coefficient (Wildman–Crippen LogP) is 1.74. The zero-order valence-corrected chi connectivity index (χ0v) is 15.6. The molecule has 0 amide bonds. The number of thioether (sulfide) groups is 1. The van der Waals surface area contributed by atoms with Crippen LogP contribution in [0.4, 0.5) is 0 Å². The lowest BCUT2D eigenvalue weighted by Gasteiger charge is -2.36. The fourth-order valence-corrected chi connectivity index (χ4v) is 4.24. The topological polar surface area (TPSA) is 45.9 Å². The number of nitrogens with zero attached hydrogens (tertiary/aromatic N) is 5. The molecule has 2 aliphatic rings. The van der Waals surface area contributed by atoms with Crippen LogP contribution in [0.2, 0.25) is 0 Å². The van der Waals surface area contributed by atoms with Crippen molar-refractivity contribution in [3.05, 3.63) is 11.3 Å². The Morgan fingerprint density at radius 3 is 2.48 bits per heavy atom. The van der Waals surface area contributed by atoms with Crippen molar-refractivity contribution in [2.45, 2.75) is 32.1 Å². The molecule has 0 atom stereocenters. The van der Waals surface area contributed by atoms with E-state index < -0.39 is 0 Å². The van der Waals surface area contributed by atoms with E-state index in [9.17, 15) is 0 Å². The number of ether oxygens (including phenoxy) is 1. The van der Waals surface area contributed by atoms with Crippen LogP contribution >= 0.6 is 11.8 Å². The van der Waals surface area contributed by atoms with Gasteiger partial charge in [0.15, 0.2) is 5.17 Å². The van der Waals surface area contributed by atoms with Crippen LogP contribution in [0.3, 0.4) is 0 Å². The predicted molar refractivity (Wildman–Crippen MR) is 95.3 cm³/mol. The highest BCUT2D eigenvalue weighted by atomic mass is 32.2. The molecule has 0 aliphatic carbocycles. The number of hydrogen-bond acceptors (Lipinski definition) is 6. The summed E-state index contributed by atoms with van der Waals surface area (Å²) in [6.07, 6.45) is 0. The van der Waals surface area contributed by atoms with Gasteiger partial charge in [-0.25, -0.2) is 4.68 Å². The molecular formula is C16H27N5OS. The van der Waals surface area contributed by atoms with Crippen LogP contribution in [-0.4, -0.2) is 69.3 Å². The lowest BCUT2D eigenvalue weighted by molar-refractivity contribution is 0.175. The summed E-state index contributed by atoms with van der Waals surface area (Å²) < 4.78 is 7.59. The monoisotopic (exact) mass is 337 g/mol. The molecule has 23 heavy (non-hydrogen) atoms. The lowest BCUT2D eigenvalue weighted by atomic mass is 10.2. The normalized spacial score (nSPS) is 21.6. The first-order valence-electron chi connectivity index (χ1n) is 8.17. The van der Waals surface area contributed by atoms with Gasteiger partial charge in [-0.3, -0.25) is 9.89 Å². The van der Waals surface area contributed by atoms with Crippen LogP contribution in [0.15, 0.2) is 4.99 Å². The van der Waals surface area contributed by atoms with E-state index in [1.807, 2.05) is 23.5 Å². The Balaban J connectivity index is 1.58. The van der Waals surface area contributed by atoms with Gasteiger partial charge in [-0.15, -0.1) is 0 Å². The van der Waals surface area contributed by atoms with Crippen LogP contribution in [-0.2, 0) is 13.6 Å². The fraction of sp³-hybridized carbons (Fsp3) is 0.750. The Bertz CT molecular complexity index is 602. The second kappa shape index (κ2) is 6.36. The van der Waals surface area contributed by atoms with Crippen molar-refractivity contribution < 1.29 is 4.74 Å². The molecule has 1 saturated heterocycles. The van der Waals surface area contributed by atoms with Crippen molar-refractivity contribution in [2.24, 2.45) is 12.0 Å². The first-order chi connectivity index (χ1) is 10.9. The summed E-state index contributed by atoms with van der Waals surface area (Å²) in [6.45, 7) is 12.6. The Labute approximate surface area is 142 Å². The third kappa shape index (κ3) is 3.50. The number of hydrogen-bond donors (Lipinski definition) is 0. The molecular weight excluding hydrogens is 310 g/mol. The number of rotatable bonds is 3. The maximum Gasteiger partial charge on any atom is 0.216 e. The minimum atomic E-state index is 0.257.